The number of carbonyl (C=O) groups is 1. The quantitative estimate of drug-likeness (QED) is 0.366. The van der Waals surface area contributed by atoms with Gasteiger partial charge in [-0.15, -0.1) is 0 Å². The summed E-state index contributed by atoms with van der Waals surface area (Å²) in [6.45, 7) is 0. The highest BCUT2D eigenvalue weighted by atomic mass is 79.9. The molecule has 0 aliphatic heterocycles. The molecule has 0 saturated carbocycles. The van der Waals surface area contributed by atoms with E-state index in [1.54, 1.807) is 18.2 Å². The molecule has 4 heteroatoms. The number of hydrogen-bond donors (Lipinski definition) is 1. The number of hydrogen-bond acceptors (Lipinski definition) is 3. The highest BCUT2D eigenvalue weighted by Crippen LogP contribution is 2.14. The van der Waals surface area contributed by atoms with Gasteiger partial charge in [-0.05, 0) is 18.2 Å². The minimum atomic E-state index is -0.437. The molecule has 0 saturated heterocycles. The standard InChI is InChI=1S/C11H10BrNO2/c1-15-11(14)9-5-4-8(3-2-6-12)7-10(9)13/h4-5,7H,6,13H2,1H3. The van der Waals surface area contributed by atoms with Gasteiger partial charge in [-0.1, -0.05) is 27.8 Å². The number of anilines is 1. The van der Waals surface area contributed by atoms with Crippen LogP contribution in [0.1, 0.15) is 15.9 Å². The Balaban J connectivity index is 3.03. The van der Waals surface area contributed by atoms with Gasteiger partial charge in [-0.3, -0.25) is 0 Å². The molecular formula is C11H10BrNO2. The number of methoxy groups -OCH3 is 1. The number of alkyl halides is 1. The Kier molecular flexibility index (Phi) is 4.19. The average molecular weight is 268 g/mol. The van der Waals surface area contributed by atoms with Crippen molar-refractivity contribution in [3.63, 3.8) is 0 Å². The van der Waals surface area contributed by atoms with E-state index in [1.807, 2.05) is 0 Å². The van der Waals surface area contributed by atoms with E-state index in [0.29, 0.717) is 16.6 Å². The van der Waals surface area contributed by atoms with Crippen molar-refractivity contribution in [2.45, 2.75) is 0 Å². The fraction of sp³-hybridized carbons (Fsp3) is 0.182. The Hall–Kier alpha value is -1.47. The van der Waals surface area contributed by atoms with Crippen LogP contribution in [0.25, 0.3) is 0 Å². The van der Waals surface area contributed by atoms with Gasteiger partial charge in [0, 0.05) is 11.3 Å². The van der Waals surface area contributed by atoms with Crippen molar-refractivity contribution < 1.29 is 9.53 Å². The molecule has 3 nitrogen and oxygen atoms in total. The van der Waals surface area contributed by atoms with Crippen LogP contribution in [0.15, 0.2) is 18.2 Å². The fourth-order valence-electron chi connectivity index (χ4n) is 1.07. The summed E-state index contributed by atoms with van der Waals surface area (Å²) in [6, 6.07) is 5.00. The van der Waals surface area contributed by atoms with Crippen molar-refractivity contribution in [3.8, 4) is 11.8 Å². The van der Waals surface area contributed by atoms with Gasteiger partial charge in [0.15, 0.2) is 0 Å². The van der Waals surface area contributed by atoms with Crippen LogP contribution in [-0.4, -0.2) is 18.4 Å². The molecule has 0 radical (unpaired) electrons. The van der Waals surface area contributed by atoms with E-state index in [0.717, 1.165) is 5.56 Å². The number of carbonyl (C=O) groups excluding carboxylic acids is 1. The summed E-state index contributed by atoms with van der Waals surface area (Å²) in [6.07, 6.45) is 0. The molecule has 0 bridgehead atoms. The SMILES string of the molecule is COC(=O)c1ccc(C#CCBr)cc1N. The van der Waals surface area contributed by atoms with Crippen molar-refractivity contribution in [2.75, 3.05) is 18.2 Å². The molecule has 0 aliphatic rings. The molecule has 78 valence electrons. The Morgan fingerprint density at radius 2 is 2.33 bits per heavy atom. The fourth-order valence-corrected chi connectivity index (χ4v) is 1.21. The highest BCUT2D eigenvalue weighted by molar-refractivity contribution is 9.09. The molecule has 0 heterocycles. The molecule has 1 rings (SSSR count). The number of rotatable bonds is 1. The lowest BCUT2D eigenvalue weighted by molar-refractivity contribution is 0.0602. The molecule has 0 amide bonds. The summed E-state index contributed by atoms with van der Waals surface area (Å²) in [5, 5.41) is 0.603. The molecular weight excluding hydrogens is 258 g/mol. The predicted octanol–water partition coefficient (Wildman–Crippen LogP) is 1.80. The smallest absolute Gasteiger partial charge is 0.339 e. The van der Waals surface area contributed by atoms with Gasteiger partial charge >= 0.3 is 5.97 Å². The number of nitrogens with two attached hydrogens (primary N) is 1. The first kappa shape index (κ1) is 11.6. The van der Waals surface area contributed by atoms with Crippen LogP contribution in [-0.2, 0) is 4.74 Å². The molecule has 0 fully saturated rings. The minimum absolute atomic E-state index is 0.363. The van der Waals surface area contributed by atoms with Crippen molar-refractivity contribution in [2.24, 2.45) is 0 Å². The molecule has 0 atom stereocenters. The van der Waals surface area contributed by atoms with Crippen LogP contribution in [0.2, 0.25) is 0 Å². The third-order valence-electron chi connectivity index (χ3n) is 1.76. The van der Waals surface area contributed by atoms with Gasteiger partial charge in [0.1, 0.15) is 0 Å². The largest absolute Gasteiger partial charge is 0.465 e. The Labute approximate surface area is 96.7 Å². The van der Waals surface area contributed by atoms with Gasteiger partial charge in [-0.2, -0.15) is 0 Å². The summed E-state index contributed by atoms with van der Waals surface area (Å²) < 4.78 is 4.58. The Morgan fingerprint density at radius 1 is 1.60 bits per heavy atom. The maximum absolute atomic E-state index is 11.2. The average Bonchev–Trinajstić information content (AvgIpc) is 2.25. The Morgan fingerprint density at radius 3 is 2.87 bits per heavy atom. The molecule has 0 unspecified atom stereocenters. The van der Waals surface area contributed by atoms with Crippen LogP contribution in [0.3, 0.4) is 0 Å². The third-order valence-corrected chi connectivity index (χ3v) is 2.04. The van der Waals surface area contributed by atoms with E-state index in [2.05, 4.69) is 32.5 Å². The predicted molar refractivity (Wildman–Crippen MR) is 62.9 cm³/mol. The molecule has 0 aromatic heterocycles. The zero-order valence-electron chi connectivity index (χ0n) is 8.21. The number of esters is 1. The number of halogens is 1. The first-order valence-corrected chi connectivity index (χ1v) is 5.34. The maximum Gasteiger partial charge on any atom is 0.339 e. The van der Waals surface area contributed by atoms with E-state index in [9.17, 15) is 4.79 Å². The molecule has 0 aliphatic carbocycles. The van der Waals surface area contributed by atoms with Gasteiger partial charge in [-0.25, -0.2) is 4.79 Å². The van der Waals surface area contributed by atoms with Gasteiger partial charge in [0.05, 0.1) is 18.0 Å². The third kappa shape index (κ3) is 3.00. The van der Waals surface area contributed by atoms with Crippen molar-refractivity contribution in [1.29, 1.82) is 0 Å². The zero-order valence-corrected chi connectivity index (χ0v) is 9.80. The van der Waals surface area contributed by atoms with Gasteiger partial charge in [0.25, 0.3) is 0 Å². The summed E-state index contributed by atoms with van der Waals surface area (Å²) >= 11 is 3.20. The van der Waals surface area contributed by atoms with E-state index in [1.165, 1.54) is 7.11 Å². The van der Waals surface area contributed by atoms with E-state index in [-0.39, 0.29) is 0 Å². The van der Waals surface area contributed by atoms with Crippen LogP contribution in [0.5, 0.6) is 0 Å². The molecule has 0 spiro atoms. The topological polar surface area (TPSA) is 52.3 Å². The zero-order chi connectivity index (χ0) is 11.3. The summed E-state index contributed by atoms with van der Waals surface area (Å²) in [4.78, 5) is 11.2. The van der Waals surface area contributed by atoms with Crippen molar-refractivity contribution in [3.05, 3.63) is 29.3 Å². The minimum Gasteiger partial charge on any atom is -0.465 e. The van der Waals surface area contributed by atoms with Gasteiger partial charge < -0.3 is 10.5 Å². The number of ether oxygens (including phenoxy) is 1. The van der Waals surface area contributed by atoms with Crippen LogP contribution >= 0.6 is 15.9 Å². The molecule has 1 aromatic rings. The molecule has 15 heavy (non-hydrogen) atoms. The first-order valence-electron chi connectivity index (χ1n) is 4.21. The molecule has 2 N–H and O–H groups in total. The lowest BCUT2D eigenvalue weighted by atomic mass is 10.1. The number of benzene rings is 1. The highest BCUT2D eigenvalue weighted by Gasteiger charge is 2.08. The lowest BCUT2D eigenvalue weighted by Gasteiger charge is -2.03. The van der Waals surface area contributed by atoms with E-state index < -0.39 is 5.97 Å². The van der Waals surface area contributed by atoms with Crippen LogP contribution in [0.4, 0.5) is 5.69 Å². The summed E-state index contributed by atoms with van der Waals surface area (Å²) in [7, 11) is 1.32. The normalized spacial score (nSPS) is 8.93. The van der Waals surface area contributed by atoms with E-state index in [4.69, 9.17) is 5.73 Å². The molecule has 1 aromatic carbocycles. The second-order valence-electron chi connectivity index (χ2n) is 2.73. The second-order valence-corrected chi connectivity index (χ2v) is 3.29. The van der Waals surface area contributed by atoms with Crippen molar-refractivity contribution >= 4 is 27.6 Å². The van der Waals surface area contributed by atoms with Gasteiger partial charge in [0.2, 0.25) is 0 Å². The van der Waals surface area contributed by atoms with Crippen molar-refractivity contribution in [1.82, 2.24) is 0 Å². The van der Waals surface area contributed by atoms with Crippen LogP contribution < -0.4 is 5.73 Å². The Bertz CT molecular complexity index is 432. The maximum atomic E-state index is 11.2. The summed E-state index contributed by atoms with van der Waals surface area (Å²) in [5.41, 5.74) is 7.21. The second kappa shape index (κ2) is 5.42. The summed E-state index contributed by atoms with van der Waals surface area (Å²) in [5.74, 6) is 5.30. The van der Waals surface area contributed by atoms with E-state index >= 15 is 0 Å². The monoisotopic (exact) mass is 267 g/mol. The first-order chi connectivity index (χ1) is 7.19. The number of nitrogen functional groups attached to an aromatic ring is 1. The van der Waals surface area contributed by atoms with Crippen LogP contribution in [0, 0.1) is 11.8 Å². The lowest BCUT2D eigenvalue weighted by Crippen LogP contribution is -2.05.